The molecule has 6 nitrogen and oxygen atoms in total. The first-order valence-corrected chi connectivity index (χ1v) is 10.1. The third-order valence-corrected chi connectivity index (χ3v) is 5.39. The number of carbonyl (C=O) groups is 1. The minimum absolute atomic E-state index is 0.0424. The van der Waals surface area contributed by atoms with E-state index < -0.39 is 11.6 Å². The lowest BCUT2D eigenvalue weighted by molar-refractivity contribution is 0.0939. The smallest absolute Gasteiger partial charge is 0.272 e. The largest absolute Gasteiger partial charge is 0.369 e. The van der Waals surface area contributed by atoms with Crippen LogP contribution in [0.2, 0.25) is 0 Å². The number of fused-ring (bicyclic) bond motifs is 1. The van der Waals surface area contributed by atoms with Crippen molar-refractivity contribution in [3.63, 3.8) is 0 Å². The minimum Gasteiger partial charge on any atom is -0.369 e. The van der Waals surface area contributed by atoms with Gasteiger partial charge in [0.2, 0.25) is 0 Å². The molecule has 1 aromatic heterocycles. The summed E-state index contributed by atoms with van der Waals surface area (Å²) < 4.78 is 29.2. The number of H-pyrrole nitrogens is 1. The second kappa shape index (κ2) is 8.02. The van der Waals surface area contributed by atoms with Gasteiger partial charge in [0, 0.05) is 54.9 Å². The zero-order valence-corrected chi connectivity index (χ0v) is 17.3. The van der Waals surface area contributed by atoms with Crippen LogP contribution in [0.1, 0.15) is 24.3 Å². The van der Waals surface area contributed by atoms with E-state index in [2.05, 4.69) is 25.3 Å². The second-order valence-electron chi connectivity index (χ2n) is 8.04. The Morgan fingerprint density at radius 2 is 1.87 bits per heavy atom. The fourth-order valence-electron chi connectivity index (χ4n) is 3.72. The van der Waals surface area contributed by atoms with Crippen LogP contribution in [0.3, 0.4) is 0 Å². The fraction of sp³-hybridized carbons (Fsp3) is 0.364. The Kier molecular flexibility index (Phi) is 5.42. The van der Waals surface area contributed by atoms with Gasteiger partial charge in [0.1, 0.15) is 0 Å². The molecule has 0 saturated carbocycles. The third-order valence-electron chi connectivity index (χ3n) is 5.39. The number of piperazine rings is 1. The Bertz CT molecular complexity index is 1090. The predicted molar refractivity (Wildman–Crippen MR) is 114 cm³/mol. The Morgan fingerprint density at radius 3 is 2.57 bits per heavy atom. The lowest BCUT2D eigenvalue weighted by atomic mass is 10.0. The second-order valence-corrected chi connectivity index (χ2v) is 8.04. The maximum atomic E-state index is 14.7. The Balaban J connectivity index is 1.75. The Hall–Kier alpha value is -3.00. The first-order chi connectivity index (χ1) is 14.3. The third kappa shape index (κ3) is 3.87. The molecule has 2 aromatic carbocycles. The van der Waals surface area contributed by atoms with Gasteiger partial charge in [-0.15, -0.1) is 0 Å². The molecule has 2 N–H and O–H groups in total. The lowest BCUT2D eigenvalue weighted by Gasteiger charge is -2.34. The molecule has 1 aliphatic rings. The summed E-state index contributed by atoms with van der Waals surface area (Å²) in [5.74, 6) is -2.10. The van der Waals surface area contributed by atoms with Crippen molar-refractivity contribution >= 4 is 22.5 Å². The van der Waals surface area contributed by atoms with Gasteiger partial charge in [-0.05, 0) is 44.7 Å². The van der Waals surface area contributed by atoms with Crippen LogP contribution in [-0.2, 0) is 0 Å². The molecule has 0 bridgehead atoms. The van der Waals surface area contributed by atoms with Crippen LogP contribution in [0.5, 0.6) is 0 Å². The van der Waals surface area contributed by atoms with Crippen molar-refractivity contribution < 1.29 is 13.6 Å². The van der Waals surface area contributed by atoms with Crippen LogP contribution < -0.4 is 10.2 Å². The molecule has 3 aromatic rings. The number of hydrogen-bond acceptors (Lipinski definition) is 4. The van der Waals surface area contributed by atoms with Gasteiger partial charge in [-0.2, -0.15) is 5.10 Å². The maximum absolute atomic E-state index is 14.7. The highest BCUT2D eigenvalue weighted by atomic mass is 19.2. The number of nitrogens with one attached hydrogen (secondary N) is 2. The van der Waals surface area contributed by atoms with Crippen molar-refractivity contribution in [1.82, 2.24) is 20.4 Å². The van der Waals surface area contributed by atoms with Crippen molar-refractivity contribution in [1.29, 1.82) is 0 Å². The summed E-state index contributed by atoms with van der Waals surface area (Å²) in [7, 11) is 2.04. The number of amides is 1. The number of benzene rings is 2. The molecule has 1 aliphatic heterocycles. The van der Waals surface area contributed by atoms with E-state index in [9.17, 15) is 13.6 Å². The van der Waals surface area contributed by atoms with Gasteiger partial charge in [-0.1, -0.05) is 6.07 Å². The molecular weight excluding hydrogens is 388 g/mol. The molecule has 1 fully saturated rings. The summed E-state index contributed by atoms with van der Waals surface area (Å²) in [6.07, 6.45) is 0. The maximum Gasteiger partial charge on any atom is 0.272 e. The summed E-state index contributed by atoms with van der Waals surface area (Å²) in [5.41, 5.74) is 2.21. The van der Waals surface area contributed by atoms with Gasteiger partial charge >= 0.3 is 0 Å². The molecule has 0 aliphatic carbocycles. The van der Waals surface area contributed by atoms with E-state index in [-0.39, 0.29) is 23.2 Å². The predicted octanol–water partition coefficient (Wildman–Crippen LogP) is 3.40. The van der Waals surface area contributed by atoms with E-state index >= 15 is 0 Å². The molecule has 0 unspecified atom stereocenters. The highest BCUT2D eigenvalue weighted by Gasteiger charge is 2.21. The summed E-state index contributed by atoms with van der Waals surface area (Å²) in [6.45, 7) is 6.95. The molecule has 0 atom stereocenters. The standard InChI is InChI=1S/C22H25F2N5O/c1-13(2)25-22(30)21-17-10-14(4-5-19(17)26-27-21)16-11-15(12-18(23)20(16)24)29-8-6-28(3)7-9-29/h4-5,10-13H,6-9H2,1-3H3,(H,25,30)(H,26,27). The van der Waals surface area contributed by atoms with E-state index in [1.54, 1.807) is 24.3 Å². The van der Waals surface area contributed by atoms with Gasteiger partial charge in [-0.25, -0.2) is 8.78 Å². The lowest BCUT2D eigenvalue weighted by Crippen LogP contribution is -2.44. The van der Waals surface area contributed by atoms with Crippen molar-refractivity contribution in [3.05, 3.63) is 47.7 Å². The Morgan fingerprint density at radius 1 is 1.13 bits per heavy atom. The molecule has 1 saturated heterocycles. The number of carbonyl (C=O) groups excluding carboxylic acids is 1. The molecule has 30 heavy (non-hydrogen) atoms. The van der Waals surface area contributed by atoms with Crippen molar-refractivity contribution in [2.45, 2.75) is 19.9 Å². The number of nitrogens with zero attached hydrogens (tertiary/aromatic N) is 3. The number of halogens is 2. The number of aromatic nitrogens is 2. The van der Waals surface area contributed by atoms with Gasteiger partial charge in [0.15, 0.2) is 17.3 Å². The van der Waals surface area contributed by atoms with E-state index in [1.165, 1.54) is 6.07 Å². The normalized spacial score (nSPS) is 15.2. The first kappa shape index (κ1) is 20.3. The molecule has 158 valence electrons. The Labute approximate surface area is 173 Å². The van der Waals surface area contributed by atoms with Crippen LogP contribution in [0, 0.1) is 11.6 Å². The summed E-state index contributed by atoms with van der Waals surface area (Å²) >= 11 is 0. The zero-order chi connectivity index (χ0) is 21.4. The zero-order valence-electron chi connectivity index (χ0n) is 17.3. The fourth-order valence-corrected chi connectivity index (χ4v) is 3.72. The molecular formula is C22H25F2N5O. The molecule has 2 heterocycles. The van der Waals surface area contributed by atoms with Crippen molar-refractivity contribution in [2.24, 2.45) is 0 Å². The quantitative estimate of drug-likeness (QED) is 0.688. The minimum atomic E-state index is -0.899. The van der Waals surface area contributed by atoms with Crippen molar-refractivity contribution in [3.8, 4) is 11.1 Å². The van der Waals surface area contributed by atoms with Gasteiger partial charge in [-0.3, -0.25) is 9.89 Å². The van der Waals surface area contributed by atoms with Crippen LogP contribution in [0.15, 0.2) is 30.3 Å². The van der Waals surface area contributed by atoms with Crippen LogP contribution in [0.25, 0.3) is 22.0 Å². The van der Waals surface area contributed by atoms with Crippen LogP contribution in [-0.4, -0.2) is 60.3 Å². The molecule has 1 amide bonds. The topological polar surface area (TPSA) is 64.3 Å². The van der Waals surface area contributed by atoms with Crippen LogP contribution in [0.4, 0.5) is 14.5 Å². The van der Waals surface area contributed by atoms with Crippen molar-refractivity contribution in [2.75, 3.05) is 38.1 Å². The highest BCUT2D eigenvalue weighted by Crippen LogP contribution is 2.32. The summed E-state index contributed by atoms with van der Waals surface area (Å²) in [6, 6.07) is 8.00. The number of rotatable bonds is 4. The molecule has 0 spiro atoms. The van der Waals surface area contributed by atoms with E-state index in [0.29, 0.717) is 22.2 Å². The number of likely N-dealkylation sites (N-methyl/N-ethyl adjacent to an activating group) is 1. The molecule has 8 heteroatoms. The summed E-state index contributed by atoms with van der Waals surface area (Å²) in [4.78, 5) is 16.7. The van der Waals surface area contributed by atoms with Gasteiger partial charge in [0.05, 0.1) is 5.52 Å². The van der Waals surface area contributed by atoms with E-state index in [4.69, 9.17) is 0 Å². The van der Waals surface area contributed by atoms with E-state index in [1.807, 2.05) is 20.9 Å². The highest BCUT2D eigenvalue weighted by molar-refractivity contribution is 6.05. The summed E-state index contributed by atoms with van der Waals surface area (Å²) in [5, 5.41) is 10.3. The number of aromatic amines is 1. The van der Waals surface area contributed by atoms with Crippen LogP contribution >= 0.6 is 0 Å². The molecule has 4 rings (SSSR count). The SMILES string of the molecule is CC(C)NC(=O)c1n[nH]c2ccc(-c3cc(N4CCN(C)CC4)cc(F)c3F)cc12. The van der Waals surface area contributed by atoms with E-state index in [0.717, 1.165) is 26.2 Å². The average Bonchev–Trinajstić information content (AvgIpc) is 3.13. The number of anilines is 1. The average molecular weight is 413 g/mol. The number of hydrogen-bond donors (Lipinski definition) is 2. The van der Waals surface area contributed by atoms with Gasteiger partial charge in [0.25, 0.3) is 5.91 Å². The molecule has 0 radical (unpaired) electrons. The van der Waals surface area contributed by atoms with Gasteiger partial charge < -0.3 is 15.1 Å². The monoisotopic (exact) mass is 413 g/mol. The first-order valence-electron chi connectivity index (χ1n) is 10.1.